The molecule has 0 saturated carbocycles. The molecule has 1 saturated heterocycles. The molecule has 0 aliphatic carbocycles. The van der Waals surface area contributed by atoms with Crippen molar-refractivity contribution >= 4 is 22.6 Å². The predicted molar refractivity (Wildman–Crippen MR) is 122 cm³/mol. The Hall–Kier alpha value is -2.39. The quantitative estimate of drug-likeness (QED) is 0.739. The molecule has 1 aromatic carbocycles. The van der Waals surface area contributed by atoms with E-state index in [0.29, 0.717) is 35.2 Å². The summed E-state index contributed by atoms with van der Waals surface area (Å²) in [5, 5.41) is 3.67. The average molecular weight is 448 g/mol. The van der Waals surface area contributed by atoms with E-state index in [-0.39, 0.29) is 22.5 Å². The van der Waals surface area contributed by atoms with Crippen molar-refractivity contribution in [3.8, 4) is 17.2 Å². The molecule has 2 aliphatic rings. The highest BCUT2D eigenvalue weighted by atomic mass is 32.2. The van der Waals surface area contributed by atoms with Crippen molar-refractivity contribution in [3.05, 3.63) is 33.6 Å². The highest BCUT2D eigenvalue weighted by Crippen LogP contribution is 2.50. The van der Waals surface area contributed by atoms with Gasteiger partial charge in [-0.2, -0.15) is 0 Å². The van der Waals surface area contributed by atoms with Crippen molar-refractivity contribution in [1.29, 1.82) is 0 Å². The number of nitrogens with one attached hydrogen (secondary N) is 1. The SMILES string of the molecule is COc1cc(OC)c([C@@H]2SC(C)=Nc3c2c(=O)[nH]n3[C@H]2CCOC(C)(C)C2)cc1OC. The van der Waals surface area contributed by atoms with E-state index in [4.69, 9.17) is 23.9 Å². The number of methoxy groups -OCH3 is 3. The van der Waals surface area contributed by atoms with Crippen LogP contribution >= 0.6 is 11.8 Å². The zero-order valence-electron chi connectivity index (χ0n) is 18.8. The van der Waals surface area contributed by atoms with Crippen LogP contribution in [0.5, 0.6) is 17.2 Å². The van der Waals surface area contributed by atoms with E-state index in [9.17, 15) is 4.79 Å². The lowest BCUT2D eigenvalue weighted by Crippen LogP contribution is -2.35. The number of hydrogen-bond acceptors (Lipinski definition) is 7. The molecule has 0 unspecified atom stereocenters. The molecule has 2 aliphatic heterocycles. The first-order valence-electron chi connectivity index (χ1n) is 10.3. The van der Waals surface area contributed by atoms with Gasteiger partial charge in [-0.05, 0) is 39.7 Å². The van der Waals surface area contributed by atoms with Crippen molar-refractivity contribution in [3.63, 3.8) is 0 Å². The number of rotatable bonds is 5. The van der Waals surface area contributed by atoms with E-state index >= 15 is 0 Å². The number of benzene rings is 1. The maximum Gasteiger partial charge on any atom is 0.271 e. The van der Waals surface area contributed by atoms with E-state index in [1.807, 2.05) is 17.7 Å². The second kappa shape index (κ2) is 8.27. The fraction of sp³-hybridized carbons (Fsp3) is 0.545. The van der Waals surface area contributed by atoms with E-state index in [1.54, 1.807) is 27.4 Å². The number of H-pyrrole nitrogens is 1. The van der Waals surface area contributed by atoms with Gasteiger partial charge in [0.25, 0.3) is 5.56 Å². The van der Waals surface area contributed by atoms with E-state index < -0.39 is 0 Å². The standard InChI is InChI=1S/C22H29N3O5S/c1-12-23-20-18(21(26)24-25(20)13-7-8-30-22(2,3)11-13)19(31-12)14-9-16(28-5)17(29-6)10-15(14)27-4/h9-10,13,19H,7-8,11H2,1-6H3,(H,24,26)/t13-,19-/m0/s1. The van der Waals surface area contributed by atoms with Gasteiger partial charge in [0.05, 0.1) is 48.8 Å². The van der Waals surface area contributed by atoms with Crippen LogP contribution in [0.25, 0.3) is 0 Å². The number of hydrogen-bond donors (Lipinski definition) is 1. The van der Waals surface area contributed by atoms with Gasteiger partial charge in [0.15, 0.2) is 17.3 Å². The molecule has 168 valence electrons. The fourth-order valence-corrected chi connectivity index (χ4v) is 5.49. The minimum absolute atomic E-state index is 0.118. The topological polar surface area (TPSA) is 87.1 Å². The van der Waals surface area contributed by atoms with Crippen LogP contribution < -0.4 is 19.8 Å². The number of nitrogens with zero attached hydrogens (tertiary/aromatic N) is 2. The lowest BCUT2D eigenvalue weighted by molar-refractivity contribution is -0.0705. The minimum atomic E-state index is -0.278. The molecule has 2 atom stereocenters. The van der Waals surface area contributed by atoms with Gasteiger partial charge in [-0.1, -0.05) is 11.8 Å². The molecule has 1 N–H and O–H groups in total. The Morgan fingerprint density at radius 3 is 2.48 bits per heavy atom. The third-order valence-corrected chi connectivity index (χ3v) is 6.96. The second-order valence-corrected chi connectivity index (χ2v) is 9.68. The molecule has 0 spiro atoms. The van der Waals surface area contributed by atoms with E-state index in [1.165, 1.54) is 11.8 Å². The molecule has 0 amide bonds. The summed E-state index contributed by atoms with van der Waals surface area (Å²) in [5.74, 6) is 2.48. The van der Waals surface area contributed by atoms with Gasteiger partial charge in [0.2, 0.25) is 0 Å². The number of aromatic amines is 1. The van der Waals surface area contributed by atoms with Crippen molar-refractivity contribution in [1.82, 2.24) is 9.78 Å². The molecular formula is C22H29N3O5S. The minimum Gasteiger partial charge on any atom is -0.496 e. The van der Waals surface area contributed by atoms with E-state index in [2.05, 4.69) is 18.9 Å². The lowest BCUT2D eigenvalue weighted by atomic mass is 9.94. The summed E-state index contributed by atoms with van der Waals surface area (Å²) in [6, 6.07) is 3.79. The molecule has 2 aromatic rings. The summed E-state index contributed by atoms with van der Waals surface area (Å²) in [6.45, 7) is 6.77. The third kappa shape index (κ3) is 3.96. The number of thioether (sulfide) groups is 1. The van der Waals surface area contributed by atoms with Gasteiger partial charge in [0, 0.05) is 18.2 Å². The smallest absolute Gasteiger partial charge is 0.271 e. The molecule has 1 fully saturated rings. The number of fused-ring (bicyclic) bond motifs is 1. The lowest BCUT2D eigenvalue weighted by Gasteiger charge is -2.36. The summed E-state index contributed by atoms with van der Waals surface area (Å²) in [7, 11) is 4.79. The monoisotopic (exact) mass is 447 g/mol. The molecule has 0 bridgehead atoms. The molecule has 1 aromatic heterocycles. The Morgan fingerprint density at radius 2 is 1.84 bits per heavy atom. The largest absolute Gasteiger partial charge is 0.496 e. The Kier molecular flexibility index (Phi) is 5.83. The van der Waals surface area contributed by atoms with Crippen LogP contribution in [0.4, 0.5) is 5.82 Å². The van der Waals surface area contributed by atoms with Crippen molar-refractivity contribution < 1.29 is 18.9 Å². The number of aliphatic imine (C=N–C) groups is 1. The van der Waals surface area contributed by atoms with Gasteiger partial charge >= 0.3 is 0 Å². The van der Waals surface area contributed by atoms with Crippen LogP contribution in [0.2, 0.25) is 0 Å². The van der Waals surface area contributed by atoms with Gasteiger partial charge < -0.3 is 18.9 Å². The summed E-state index contributed by atoms with van der Waals surface area (Å²) >= 11 is 1.53. The van der Waals surface area contributed by atoms with Crippen LogP contribution in [-0.4, -0.2) is 48.4 Å². The van der Waals surface area contributed by atoms with Crippen LogP contribution in [-0.2, 0) is 4.74 Å². The molecule has 8 nitrogen and oxygen atoms in total. The highest BCUT2D eigenvalue weighted by molar-refractivity contribution is 8.14. The van der Waals surface area contributed by atoms with Crippen molar-refractivity contribution in [2.24, 2.45) is 4.99 Å². The summed E-state index contributed by atoms with van der Waals surface area (Å²) in [5.41, 5.74) is 1.09. The maximum absolute atomic E-state index is 13.2. The average Bonchev–Trinajstić information content (AvgIpc) is 3.07. The van der Waals surface area contributed by atoms with Crippen molar-refractivity contribution in [2.45, 2.75) is 50.5 Å². The van der Waals surface area contributed by atoms with Gasteiger partial charge in [-0.3, -0.25) is 14.6 Å². The first kappa shape index (κ1) is 21.8. The molecule has 31 heavy (non-hydrogen) atoms. The van der Waals surface area contributed by atoms with Crippen LogP contribution in [0.15, 0.2) is 21.9 Å². The van der Waals surface area contributed by atoms with Crippen LogP contribution in [0.3, 0.4) is 0 Å². The van der Waals surface area contributed by atoms with Gasteiger partial charge in [-0.15, -0.1) is 0 Å². The zero-order valence-corrected chi connectivity index (χ0v) is 19.6. The summed E-state index contributed by atoms with van der Waals surface area (Å²) in [4.78, 5) is 17.9. The summed E-state index contributed by atoms with van der Waals surface area (Å²) in [6.07, 6.45) is 1.63. The van der Waals surface area contributed by atoms with Crippen molar-refractivity contribution in [2.75, 3.05) is 27.9 Å². The molecule has 0 radical (unpaired) electrons. The first-order chi connectivity index (χ1) is 14.8. The second-order valence-electron chi connectivity index (χ2n) is 8.38. The third-order valence-electron chi connectivity index (χ3n) is 5.80. The number of ether oxygens (including phenoxy) is 4. The molecule has 4 rings (SSSR count). The van der Waals surface area contributed by atoms with Gasteiger partial charge in [-0.25, -0.2) is 4.99 Å². The normalized spacial score (nSPS) is 22.5. The van der Waals surface area contributed by atoms with Gasteiger partial charge in [0.1, 0.15) is 5.75 Å². The molecule has 3 heterocycles. The molecule has 9 heteroatoms. The number of aromatic nitrogens is 2. The Bertz CT molecular complexity index is 1070. The Labute approximate surface area is 185 Å². The summed E-state index contributed by atoms with van der Waals surface area (Å²) < 4.78 is 24.4. The predicted octanol–water partition coefficient (Wildman–Crippen LogP) is 4.22. The fourth-order valence-electron chi connectivity index (χ4n) is 4.37. The van der Waals surface area contributed by atoms with Crippen LogP contribution in [0.1, 0.15) is 56.0 Å². The highest BCUT2D eigenvalue weighted by Gasteiger charge is 2.37. The van der Waals surface area contributed by atoms with E-state index in [0.717, 1.165) is 23.4 Å². The molecular weight excluding hydrogens is 418 g/mol. The first-order valence-corrected chi connectivity index (χ1v) is 11.2. The Balaban J connectivity index is 1.84. The zero-order chi connectivity index (χ0) is 22.3. The Morgan fingerprint density at radius 1 is 1.16 bits per heavy atom. The maximum atomic E-state index is 13.2. The van der Waals surface area contributed by atoms with Crippen LogP contribution in [0, 0.1) is 0 Å².